The SMILES string of the molecule is Nc1ncnc2c1ncn2[C@@H]1/C(=C\F)[C@H](COP(=O)(O)OP(=O)(O)OP(=O)(O)O)[C@H]1CO. The third-order valence-electron chi connectivity index (χ3n) is 4.55. The van der Waals surface area contributed by atoms with Crippen LogP contribution in [0.4, 0.5) is 10.2 Å². The van der Waals surface area contributed by atoms with Crippen LogP contribution < -0.4 is 5.73 Å². The Kier molecular flexibility index (Phi) is 7.01. The molecule has 0 aromatic carbocycles. The highest BCUT2D eigenvalue weighted by Crippen LogP contribution is 2.66. The van der Waals surface area contributed by atoms with Gasteiger partial charge in [-0.15, -0.1) is 0 Å². The van der Waals surface area contributed by atoms with Gasteiger partial charge in [-0.25, -0.2) is 33.0 Å². The molecule has 32 heavy (non-hydrogen) atoms. The van der Waals surface area contributed by atoms with E-state index >= 15 is 0 Å². The lowest BCUT2D eigenvalue weighted by Crippen LogP contribution is -2.45. The van der Waals surface area contributed by atoms with Crippen molar-refractivity contribution in [2.75, 3.05) is 18.9 Å². The number of hydrogen-bond donors (Lipinski definition) is 6. The van der Waals surface area contributed by atoms with Gasteiger partial charge in [0.05, 0.1) is 25.3 Å². The molecule has 0 bridgehead atoms. The molecule has 5 atom stereocenters. The van der Waals surface area contributed by atoms with Crippen molar-refractivity contribution >= 4 is 40.4 Å². The number of halogens is 1. The van der Waals surface area contributed by atoms with Crippen LogP contribution in [0.5, 0.6) is 0 Å². The number of fused-ring (bicyclic) bond motifs is 1. The number of nitrogen functional groups attached to an aromatic ring is 1. The van der Waals surface area contributed by atoms with Crippen LogP contribution in [0.2, 0.25) is 0 Å². The Labute approximate surface area is 178 Å². The molecule has 2 unspecified atom stereocenters. The monoisotopic (exact) mass is 519 g/mol. The minimum atomic E-state index is -5.69. The Balaban J connectivity index is 1.75. The van der Waals surface area contributed by atoms with Crippen LogP contribution in [-0.4, -0.2) is 57.4 Å². The van der Waals surface area contributed by atoms with E-state index in [0.717, 1.165) is 6.33 Å². The zero-order valence-electron chi connectivity index (χ0n) is 15.6. The summed E-state index contributed by atoms with van der Waals surface area (Å²) in [6.07, 6.45) is 2.65. The van der Waals surface area contributed by atoms with Crippen LogP contribution in [0.3, 0.4) is 0 Å². The molecule has 1 saturated carbocycles. The smallest absolute Gasteiger partial charge is 0.396 e. The highest BCUT2D eigenvalue weighted by Gasteiger charge is 2.49. The summed E-state index contributed by atoms with van der Waals surface area (Å²) in [5, 5.41) is 9.76. The van der Waals surface area contributed by atoms with E-state index in [-0.39, 0.29) is 28.9 Å². The maximum absolute atomic E-state index is 13.7. The van der Waals surface area contributed by atoms with Gasteiger partial charge in [0.2, 0.25) is 0 Å². The highest BCUT2D eigenvalue weighted by molar-refractivity contribution is 7.66. The molecule has 1 aliphatic rings. The van der Waals surface area contributed by atoms with Gasteiger partial charge in [-0.1, -0.05) is 0 Å². The summed E-state index contributed by atoms with van der Waals surface area (Å²) >= 11 is 0. The third kappa shape index (κ3) is 5.30. The van der Waals surface area contributed by atoms with Crippen LogP contribution in [0.1, 0.15) is 6.04 Å². The van der Waals surface area contributed by atoms with Gasteiger partial charge in [0.25, 0.3) is 0 Å². The number of nitrogens with two attached hydrogens (primary N) is 1. The summed E-state index contributed by atoms with van der Waals surface area (Å²) in [5.74, 6) is -1.70. The maximum Gasteiger partial charge on any atom is 0.490 e. The molecule has 0 radical (unpaired) electrons. The molecule has 2 heterocycles. The quantitative estimate of drug-likeness (QED) is 0.245. The van der Waals surface area contributed by atoms with E-state index in [1.165, 1.54) is 10.9 Å². The van der Waals surface area contributed by atoms with Gasteiger partial charge >= 0.3 is 23.5 Å². The van der Waals surface area contributed by atoms with E-state index in [1.54, 1.807) is 0 Å². The molecular formula is C12H17FN5O11P3. The molecule has 0 spiro atoms. The Hall–Kier alpha value is -1.61. The largest absolute Gasteiger partial charge is 0.490 e. The number of aliphatic hydroxyl groups is 1. The van der Waals surface area contributed by atoms with Crippen molar-refractivity contribution < 1.29 is 55.9 Å². The van der Waals surface area contributed by atoms with Gasteiger partial charge in [-0.2, -0.15) is 8.62 Å². The predicted molar refractivity (Wildman–Crippen MR) is 102 cm³/mol. The standard InChI is InChI=1S/C12H17FN5O11P3/c13-1-6-8(3-27-31(23,24)29-32(25,26)28-30(20,21)22)7(2-19)10(6)18-5-17-9-11(14)15-4-16-12(9)18/h1,4-5,7-8,10,19H,2-3H2,(H,23,24)(H,25,26)(H2,14,15,16)(H2,20,21,22)/b6-1-/t7-,8+,10-/m1/s1. The molecule has 2 aromatic heterocycles. The lowest BCUT2D eigenvalue weighted by Gasteiger charge is -2.46. The first-order valence-corrected chi connectivity index (χ1v) is 12.9. The van der Waals surface area contributed by atoms with Crippen molar-refractivity contribution in [2.45, 2.75) is 6.04 Å². The zero-order valence-corrected chi connectivity index (χ0v) is 18.3. The van der Waals surface area contributed by atoms with E-state index < -0.39 is 54.6 Å². The summed E-state index contributed by atoms with van der Waals surface area (Å²) in [4.78, 5) is 47.7. The van der Waals surface area contributed by atoms with Gasteiger partial charge in [0.15, 0.2) is 11.5 Å². The van der Waals surface area contributed by atoms with Crippen LogP contribution in [0, 0.1) is 11.8 Å². The molecule has 3 rings (SSSR count). The van der Waals surface area contributed by atoms with Crippen molar-refractivity contribution in [1.82, 2.24) is 19.5 Å². The van der Waals surface area contributed by atoms with Crippen molar-refractivity contribution in [3.63, 3.8) is 0 Å². The number of imidazole rings is 1. The van der Waals surface area contributed by atoms with E-state index in [1.807, 2.05) is 0 Å². The average molecular weight is 519 g/mol. The Morgan fingerprint density at radius 3 is 2.41 bits per heavy atom. The van der Waals surface area contributed by atoms with Gasteiger partial charge in [0.1, 0.15) is 11.8 Å². The number of rotatable bonds is 9. The van der Waals surface area contributed by atoms with Gasteiger partial charge < -0.3 is 35.0 Å². The Morgan fingerprint density at radius 2 is 1.81 bits per heavy atom. The molecular weight excluding hydrogens is 502 g/mol. The van der Waals surface area contributed by atoms with Crippen molar-refractivity contribution in [1.29, 1.82) is 0 Å². The molecule has 0 aliphatic heterocycles. The number of aromatic nitrogens is 4. The lowest BCUT2D eigenvalue weighted by molar-refractivity contribution is 0.0476. The maximum atomic E-state index is 13.7. The van der Waals surface area contributed by atoms with E-state index in [0.29, 0.717) is 0 Å². The van der Waals surface area contributed by atoms with Gasteiger partial charge in [-0.3, -0.25) is 4.52 Å². The number of nitrogens with zero attached hydrogens (tertiary/aromatic N) is 4. The van der Waals surface area contributed by atoms with Crippen molar-refractivity contribution in [3.05, 3.63) is 24.6 Å². The van der Waals surface area contributed by atoms with Crippen LogP contribution in [0.15, 0.2) is 24.6 Å². The first-order chi connectivity index (χ1) is 14.8. The molecule has 16 nitrogen and oxygen atoms in total. The van der Waals surface area contributed by atoms with E-state index in [2.05, 4.69) is 28.1 Å². The van der Waals surface area contributed by atoms with E-state index in [9.17, 15) is 33.0 Å². The Morgan fingerprint density at radius 1 is 1.12 bits per heavy atom. The summed E-state index contributed by atoms with van der Waals surface area (Å²) in [6.45, 7) is -1.31. The zero-order chi connectivity index (χ0) is 23.9. The molecule has 2 aromatic rings. The number of anilines is 1. The highest BCUT2D eigenvalue weighted by atomic mass is 31.3. The fraction of sp³-hybridized carbons (Fsp3) is 0.417. The molecule has 7 N–H and O–H groups in total. The number of phosphoric ester groups is 1. The fourth-order valence-corrected chi connectivity index (χ4v) is 6.37. The third-order valence-corrected chi connectivity index (χ3v) is 8.35. The minimum Gasteiger partial charge on any atom is -0.396 e. The minimum absolute atomic E-state index is 0.000757. The lowest BCUT2D eigenvalue weighted by atomic mass is 9.66. The second-order valence-electron chi connectivity index (χ2n) is 6.48. The van der Waals surface area contributed by atoms with Crippen molar-refractivity contribution in [3.8, 4) is 0 Å². The first-order valence-electron chi connectivity index (χ1n) is 8.41. The molecule has 0 amide bonds. The summed E-state index contributed by atoms with van der Waals surface area (Å²) in [6, 6.07) is -0.821. The van der Waals surface area contributed by atoms with Crippen LogP contribution >= 0.6 is 23.5 Å². The second-order valence-corrected chi connectivity index (χ2v) is 10.9. The number of aliphatic hydroxyl groups excluding tert-OH is 1. The summed E-state index contributed by atoms with van der Waals surface area (Å²) in [5.41, 5.74) is 6.19. The van der Waals surface area contributed by atoms with Gasteiger partial charge in [-0.05, 0) is 5.57 Å². The van der Waals surface area contributed by atoms with Crippen LogP contribution in [0.25, 0.3) is 11.2 Å². The fourth-order valence-electron chi connectivity index (χ4n) is 3.33. The van der Waals surface area contributed by atoms with E-state index in [4.69, 9.17) is 15.5 Å². The summed E-state index contributed by atoms with van der Waals surface area (Å²) in [7, 11) is -16.6. The predicted octanol–water partition coefficient (Wildman–Crippen LogP) is 0.385. The molecule has 20 heteroatoms. The Bertz CT molecular complexity index is 1180. The normalized spacial score (nSPS) is 26.6. The summed E-state index contributed by atoms with van der Waals surface area (Å²) < 4.78 is 60.8. The number of phosphoric acid groups is 3. The van der Waals surface area contributed by atoms with Crippen molar-refractivity contribution in [2.24, 2.45) is 11.8 Å². The molecule has 1 aliphatic carbocycles. The molecule has 178 valence electrons. The number of hydrogen-bond acceptors (Lipinski definition) is 11. The van der Waals surface area contributed by atoms with Crippen LogP contribution in [-0.2, 0) is 26.8 Å². The average Bonchev–Trinajstić information content (AvgIpc) is 3.03. The topological polar surface area (TPSA) is 250 Å². The van der Waals surface area contributed by atoms with Gasteiger partial charge in [0, 0.05) is 18.4 Å². The molecule has 1 fully saturated rings. The second kappa shape index (κ2) is 8.97. The first kappa shape index (κ1) is 25.0. The molecule has 0 saturated heterocycles.